The zero-order chi connectivity index (χ0) is 10.7. The smallest absolute Gasteiger partial charge is 0.172 e. The van der Waals surface area contributed by atoms with Gasteiger partial charge in [-0.2, -0.15) is 5.10 Å². The van der Waals surface area contributed by atoms with E-state index >= 15 is 0 Å². The second-order valence-corrected chi connectivity index (χ2v) is 3.29. The molecular formula is C8H13N7. The standard InChI is InChI=1S/C8H13N7/c1-2-3-15-8(11-12-13-15)6-14-5-7(9)4-10-14/h4-5H,2-3,6,9H2,1H3. The topological polar surface area (TPSA) is 87.4 Å². The molecule has 0 spiro atoms. The van der Waals surface area contributed by atoms with Crippen LogP contribution in [-0.4, -0.2) is 30.0 Å². The van der Waals surface area contributed by atoms with E-state index in [9.17, 15) is 0 Å². The van der Waals surface area contributed by atoms with Crippen LogP contribution in [0.4, 0.5) is 5.69 Å². The fraction of sp³-hybridized carbons (Fsp3) is 0.500. The van der Waals surface area contributed by atoms with Gasteiger partial charge < -0.3 is 5.73 Å². The molecular weight excluding hydrogens is 194 g/mol. The van der Waals surface area contributed by atoms with Crippen molar-refractivity contribution in [2.45, 2.75) is 26.4 Å². The van der Waals surface area contributed by atoms with Gasteiger partial charge in [0.05, 0.1) is 11.9 Å². The maximum Gasteiger partial charge on any atom is 0.172 e. The van der Waals surface area contributed by atoms with E-state index < -0.39 is 0 Å². The predicted octanol–water partition coefficient (Wildman–Crippen LogP) is -0.0899. The lowest BCUT2D eigenvalue weighted by Gasteiger charge is -2.02. The van der Waals surface area contributed by atoms with Gasteiger partial charge >= 0.3 is 0 Å². The average Bonchev–Trinajstić information content (AvgIpc) is 2.78. The molecule has 0 amide bonds. The minimum Gasteiger partial charge on any atom is -0.396 e. The Labute approximate surface area is 86.9 Å². The lowest BCUT2D eigenvalue weighted by atomic mass is 10.5. The van der Waals surface area contributed by atoms with Crippen LogP contribution in [0, 0.1) is 0 Å². The number of hydrogen-bond donors (Lipinski definition) is 1. The summed E-state index contributed by atoms with van der Waals surface area (Å²) >= 11 is 0. The fourth-order valence-electron chi connectivity index (χ4n) is 1.33. The summed E-state index contributed by atoms with van der Waals surface area (Å²) in [6, 6.07) is 0. The third-order valence-corrected chi connectivity index (χ3v) is 2.00. The molecule has 0 aromatic carbocycles. The van der Waals surface area contributed by atoms with Crippen LogP contribution < -0.4 is 5.73 Å². The average molecular weight is 207 g/mol. The fourth-order valence-corrected chi connectivity index (χ4v) is 1.33. The van der Waals surface area contributed by atoms with Crippen molar-refractivity contribution in [2.24, 2.45) is 0 Å². The first kappa shape index (κ1) is 9.63. The molecule has 80 valence electrons. The molecule has 7 heteroatoms. The van der Waals surface area contributed by atoms with Crippen LogP contribution in [0.1, 0.15) is 19.2 Å². The Morgan fingerprint density at radius 1 is 1.47 bits per heavy atom. The van der Waals surface area contributed by atoms with Crippen LogP contribution in [-0.2, 0) is 13.1 Å². The molecule has 15 heavy (non-hydrogen) atoms. The quantitative estimate of drug-likeness (QED) is 0.757. The van der Waals surface area contributed by atoms with E-state index in [1.165, 1.54) is 0 Å². The zero-order valence-electron chi connectivity index (χ0n) is 8.54. The van der Waals surface area contributed by atoms with E-state index in [2.05, 4.69) is 27.5 Å². The van der Waals surface area contributed by atoms with Crippen LogP contribution in [0.15, 0.2) is 12.4 Å². The molecule has 0 saturated heterocycles. The monoisotopic (exact) mass is 207 g/mol. The molecule has 0 fully saturated rings. The maximum absolute atomic E-state index is 5.56. The van der Waals surface area contributed by atoms with Crippen LogP contribution >= 0.6 is 0 Å². The molecule has 2 aromatic rings. The van der Waals surface area contributed by atoms with Gasteiger partial charge in [-0.25, -0.2) is 4.68 Å². The first-order chi connectivity index (χ1) is 7.29. The number of nitrogens with two attached hydrogens (primary N) is 1. The van der Waals surface area contributed by atoms with E-state index in [1.54, 1.807) is 21.8 Å². The largest absolute Gasteiger partial charge is 0.396 e. The van der Waals surface area contributed by atoms with Gasteiger partial charge in [0.2, 0.25) is 0 Å². The second kappa shape index (κ2) is 4.07. The molecule has 2 aromatic heterocycles. The second-order valence-electron chi connectivity index (χ2n) is 3.29. The van der Waals surface area contributed by atoms with Crippen molar-refractivity contribution in [1.82, 2.24) is 30.0 Å². The third-order valence-electron chi connectivity index (χ3n) is 2.00. The number of tetrazole rings is 1. The van der Waals surface area contributed by atoms with Crippen LogP contribution in [0.25, 0.3) is 0 Å². The maximum atomic E-state index is 5.56. The lowest BCUT2D eigenvalue weighted by molar-refractivity contribution is 0.532. The summed E-state index contributed by atoms with van der Waals surface area (Å²) in [6.45, 7) is 3.45. The van der Waals surface area contributed by atoms with Crippen molar-refractivity contribution in [2.75, 3.05) is 5.73 Å². The highest BCUT2D eigenvalue weighted by Gasteiger charge is 2.06. The molecule has 0 saturated carbocycles. The van der Waals surface area contributed by atoms with Crippen molar-refractivity contribution in [3.8, 4) is 0 Å². The Morgan fingerprint density at radius 3 is 3.00 bits per heavy atom. The Balaban J connectivity index is 2.13. The van der Waals surface area contributed by atoms with E-state index in [4.69, 9.17) is 5.73 Å². The van der Waals surface area contributed by atoms with Gasteiger partial charge in [0.1, 0.15) is 6.54 Å². The van der Waals surface area contributed by atoms with Gasteiger partial charge in [-0.15, -0.1) is 5.10 Å². The summed E-state index contributed by atoms with van der Waals surface area (Å²) in [5.41, 5.74) is 6.21. The molecule has 2 heterocycles. The number of nitrogen functional groups attached to an aromatic ring is 1. The molecule has 0 bridgehead atoms. The van der Waals surface area contributed by atoms with Crippen LogP contribution in [0.2, 0.25) is 0 Å². The molecule has 0 aliphatic carbocycles. The Bertz CT molecular complexity index is 430. The Kier molecular flexibility index (Phi) is 2.61. The van der Waals surface area contributed by atoms with E-state index in [-0.39, 0.29) is 0 Å². The van der Waals surface area contributed by atoms with Gasteiger partial charge in [-0.05, 0) is 16.8 Å². The van der Waals surface area contributed by atoms with E-state index in [0.29, 0.717) is 12.2 Å². The van der Waals surface area contributed by atoms with Gasteiger partial charge in [0, 0.05) is 12.7 Å². The van der Waals surface area contributed by atoms with Crippen LogP contribution in [0.3, 0.4) is 0 Å². The number of rotatable bonds is 4. The summed E-state index contributed by atoms with van der Waals surface area (Å²) in [6.07, 6.45) is 4.36. The minimum absolute atomic E-state index is 0.546. The van der Waals surface area contributed by atoms with Crippen molar-refractivity contribution >= 4 is 5.69 Å². The number of nitrogens with zero attached hydrogens (tertiary/aromatic N) is 6. The van der Waals surface area contributed by atoms with Crippen molar-refractivity contribution < 1.29 is 0 Å². The first-order valence-electron chi connectivity index (χ1n) is 4.82. The molecule has 2 N–H and O–H groups in total. The van der Waals surface area contributed by atoms with E-state index in [0.717, 1.165) is 18.8 Å². The summed E-state index contributed by atoms with van der Waals surface area (Å²) in [5.74, 6) is 0.792. The van der Waals surface area contributed by atoms with Gasteiger partial charge in [0.15, 0.2) is 5.82 Å². The number of anilines is 1. The summed E-state index contributed by atoms with van der Waals surface area (Å²) in [4.78, 5) is 0. The highest BCUT2D eigenvalue weighted by atomic mass is 15.5. The normalized spacial score (nSPS) is 10.7. The zero-order valence-corrected chi connectivity index (χ0v) is 8.54. The van der Waals surface area contributed by atoms with E-state index in [1.807, 2.05) is 0 Å². The molecule has 0 atom stereocenters. The molecule has 0 aliphatic rings. The van der Waals surface area contributed by atoms with Crippen LogP contribution in [0.5, 0.6) is 0 Å². The lowest BCUT2D eigenvalue weighted by Crippen LogP contribution is -2.10. The summed E-state index contributed by atoms with van der Waals surface area (Å²) < 4.78 is 3.49. The summed E-state index contributed by atoms with van der Waals surface area (Å²) in [7, 11) is 0. The molecule has 0 radical (unpaired) electrons. The molecule has 0 aliphatic heterocycles. The highest BCUT2D eigenvalue weighted by Crippen LogP contribution is 2.01. The van der Waals surface area contributed by atoms with Crippen molar-refractivity contribution in [3.63, 3.8) is 0 Å². The SMILES string of the molecule is CCCn1nnnc1Cn1cc(N)cn1. The molecule has 2 rings (SSSR count). The van der Waals surface area contributed by atoms with Crippen molar-refractivity contribution in [1.29, 1.82) is 0 Å². The Morgan fingerprint density at radius 2 is 2.33 bits per heavy atom. The number of hydrogen-bond acceptors (Lipinski definition) is 5. The molecule has 0 unspecified atom stereocenters. The number of aromatic nitrogens is 6. The minimum atomic E-state index is 0.546. The first-order valence-corrected chi connectivity index (χ1v) is 4.82. The summed E-state index contributed by atoms with van der Waals surface area (Å²) in [5, 5.41) is 15.5. The highest BCUT2D eigenvalue weighted by molar-refractivity contribution is 5.30. The third kappa shape index (κ3) is 2.12. The van der Waals surface area contributed by atoms with Gasteiger partial charge in [0.25, 0.3) is 0 Å². The van der Waals surface area contributed by atoms with Crippen molar-refractivity contribution in [3.05, 3.63) is 18.2 Å². The van der Waals surface area contributed by atoms with Gasteiger partial charge in [-0.3, -0.25) is 4.68 Å². The number of aryl methyl sites for hydroxylation is 1. The Hall–Kier alpha value is -1.92. The predicted molar refractivity (Wildman–Crippen MR) is 53.8 cm³/mol. The molecule has 7 nitrogen and oxygen atoms in total. The van der Waals surface area contributed by atoms with Gasteiger partial charge in [-0.1, -0.05) is 6.92 Å².